The van der Waals surface area contributed by atoms with Crippen LogP contribution < -0.4 is 5.32 Å². The molecule has 0 aliphatic rings. The summed E-state index contributed by atoms with van der Waals surface area (Å²) in [5, 5.41) is 3.69. The normalized spacial score (nSPS) is 15.2. The Morgan fingerprint density at radius 3 is 2.35 bits per heavy atom. The summed E-state index contributed by atoms with van der Waals surface area (Å²) in [4.78, 5) is 0. The molecule has 0 saturated heterocycles. The molecule has 1 N–H and O–H groups in total. The molecule has 0 aromatic carbocycles. The average Bonchev–Trinajstić information content (AvgIpc) is 2.32. The van der Waals surface area contributed by atoms with Crippen LogP contribution >= 0.6 is 11.8 Å². The quantitative estimate of drug-likeness (QED) is 0.583. The molecule has 0 aliphatic carbocycles. The van der Waals surface area contributed by atoms with E-state index in [4.69, 9.17) is 0 Å². The van der Waals surface area contributed by atoms with Gasteiger partial charge in [-0.05, 0) is 49.1 Å². The molecule has 0 amide bonds. The highest BCUT2D eigenvalue weighted by atomic mass is 32.2. The van der Waals surface area contributed by atoms with E-state index in [1.54, 1.807) is 0 Å². The first-order valence-electron chi connectivity index (χ1n) is 7.30. The maximum absolute atomic E-state index is 3.69. The SMILES string of the molecule is CCCCC(CC)(CCSC)CNCC(C)C. The van der Waals surface area contributed by atoms with Crippen LogP contribution in [0.3, 0.4) is 0 Å². The van der Waals surface area contributed by atoms with Gasteiger partial charge in [0.25, 0.3) is 0 Å². The lowest BCUT2D eigenvalue weighted by Crippen LogP contribution is -2.36. The zero-order valence-electron chi connectivity index (χ0n) is 12.6. The minimum Gasteiger partial charge on any atom is -0.316 e. The molecule has 0 spiro atoms. The number of thioether (sulfide) groups is 1. The molecule has 17 heavy (non-hydrogen) atoms. The van der Waals surface area contributed by atoms with Crippen molar-refractivity contribution in [3.05, 3.63) is 0 Å². The highest BCUT2D eigenvalue weighted by Crippen LogP contribution is 2.33. The van der Waals surface area contributed by atoms with Gasteiger partial charge in [-0.15, -0.1) is 0 Å². The number of unbranched alkanes of at least 4 members (excludes halogenated alkanes) is 1. The Morgan fingerprint density at radius 1 is 1.18 bits per heavy atom. The van der Waals surface area contributed by atoms with Gasteiger partial charge in [0.1, 0.15) is 0 Å². The number of nitrogens with one attached hydrogen (secondary N) is 1. The zero-order valence-corrected chi connectivity index (χ0v) is 13.5. The molecule has 0 radical (unpaired) electrons. The Hall–Kier alpha value is 0.310. The van der Waals surface area contributed by atoms with E-state index in [1.165, 1.54) is 44.4 Å². The van der Waals surface area contributed by atoms with Crippen LogP contribution in [0, 0.1) is 11.3 Å². The Bertz CT molecular complexity index is 160. The summed E-state index contributed by atoms with van der Waals surface area (Å²) >= 11 is 1.99. The van der Waals surface area contributed by atoms with Crippen molar-refractivity contribution in [2.24, 2.45) is 11.3 Å². The van der Waals surface area contributed by atoms with E-state index < -0.39 is 0 Å². The number of rotatable bonds is 11. The van der Waals surface area contributed by atoms with Crippen LogP contribution in [-0.4, -0.2) is 25.1 Å². The van der Waals surface area contributed by atoms with Gasteiger partial charge in [0.15, 0.2) is 0 Å². The maximum Gasteiger partial charge on any atom is 0.000811 e. The highest BCUT2D eigenvalue weighted by molar-refractivity contribution is 7.98. The molecule has 0 saturated carbocycles. The molecule has 0 aromatic heterocycles. The summed E-state index contributed by atoms with van der Waals surface area (Å²) in [6, 6.07) is 0. The van der Waals surface area contributed by atoms with Crippen molar-refractivity contribution < 1.29 is 0 Å². The van der Waals surface area contributed by atoms with Gasteiger partial charge in [0.2, 0.25) is 0 Å². The monoisotopic (exact) mass is 259 g/mol. The molecule has 0 rings (SSSR count). The fourth-order valence-corrected chi connectivity index (χ4v) is 2.91. The van der Waals surface area contributed by atoms with E-state index in [9.17, 15) is 0 Å². The summed E-state index contributed by atoms with van der Waals surface area (Å²) in [7, 11) is 0. The van der Waals surface area contributed by atoms with Crippen LogP contribution in [-0.2, 0) is 0 Å². The van der Waals surface area contributed by atoms with Crippen molar-refractivity contribution in [1.29, 1.82) is 0 Å². The topological polar surface area (TPSA) is 12.0 Å². The van der Waals surface area contributed by atoms with Crippen molar-refractivity contribution in [2.75, 3.05) is 25.1 Å². The Labute approximate surface area is 114 Å². The minimum absolute atomic E-state index is 0.550. The fraction of sp³-hybridized carbons (Fsp3) is 1.00. The second-order valence-electron chi connectivity index (χ2n) is 5.72. The molecule has 2 heteroatoms. The molecule has 104 valence electrons. The Morgan fingerprint density at radius 2 is 1.88 bits per heavy atom. The second kappa shape index (κ2) is 10.3. The van der Waals surface area contributed by atoms with E-state index in [0.29, 0.717) is 5.41 Å². The van der Waals surface area contributed by atoms with E-state index in [1.807, 2.05) is 11.8 Å². The third kappa shape index (κ3) is 8.10. The first kappa shape index (κ1) is 17.3. The average molecular weight is 260 g/mol. The van der Waals surface area contributed by atoms with Gasteiger partial charge in [-0.3, -0.25) is 0 Å². The molecular weight excluding hydrogens is 226 g/mol. The highest BCUT2D eigenvalue weighted by Gasteiger charge is 2.26. The molecule has 0 aromatic rings. The standard InChI is InChI=1S/C15H33NS/c1-6-8-9-15(7-2,10-11-17-5)13-16-12-14(3)4/h14,16H,6-13H2,1-5H3. The van der Waals surface area contributed by atoms with Crippen LogP contribution in [0.5, 0.6) is 0 Å². The maximum atomic E-state index is 3.69. The van der Waals surface area contributed by atoms with E-state index in [-0.39, 0.29) is 0 Å². The van der Waals surface area contributed by atoms with Crippen molar-refractivity contribution in [1.82, 2.24) is 5.32 Å². The van der Waals surface area contributed by atoms with Crippen molar-refractivity contribution in [2.45, 2.75) is 59.8 Å². The van der Waals surface area contributed by atoms with Crippen molar-refractivity contribution >= 4 is 11.8 Å². The van der Waals surface area contributed by atoms with Gasteiger partial charge in [-0.1, -0.05) is 40.5 Å². The predicted octanol–water partition coefficient (Wildman–Crippen LogP) is 4.57. The van der Waals surface area contributed by atoms with Gasteiger partial charge < -0.3 is 5.32 Å². The summed E-state index contributed by atoms with van der Waals surface area (Å²) in [5.41, 5.74) is 0.550. The molecule has 1 nitrogen and oxygen atoms in total. The van der Waals surface area contributed by atoms with Crippen LogP contribution in [0.1, 0.15) is 59.8 Å². The first-order chi connectivity index (χ1) is 8.10. The first-order valence-corrected chi connectivity index (χ1v) is 8.69. The van der Waals surface area contributed by atoms with E-state index in [0.717, 1.165) is 12.5 Å². The summed E-state index contributed by atoms with van der Waals surface area (Å²) in [6.07, 6.45) is 9.01. The van der Waals surface area contributed by atoms with Crippen molar-refractivity contribution in [3.8, 4) is 0 Å². The number of hydrogen-bond acceptors (Lipinski definition) is 2. The summed E-state index contributed by atoms with van der Waals surface area (Å²) in [6.45, 7) is 11.6. The van der Waals surface area contributed by atoms with Gasteiger partial charge >= 0.3 is 0 Å². The largest absolute Gasteiger partial charge is 0.316 e. The lowest BCUT2D eigenvalue weighted by atomic mass is 9.77. The van der Waals surface area contributed by atoms with Gasteiger partial charge in [0.05, 0.1) is 0 Å². The molecule has 0 aliphatic heterocycles. The predicted molar refractivity (Wildman–Crippen MR) is 83.0 cm³/mol. The van der Waals surface area contributed by atoms with E-state index >= 15 is 0 Å². The van der Waals surface area contributed by atoms with Crippen LogP contribution in [0.4, 0.5) is 0 Å². The Balaban J connectivity index is 4.22. The Kier molecular flexibility index (Phi) is 10.4. The zero-order chi connectivity index (χ0) is 13.1. The number of hydrogen-bond donors (Lipinski definition) is 1. The molecule has 1 atom stereocenters. The molecule has 0 fully saturated rings. The summed E-state index contributed by atoms with van der Waals surface area (Å²) in [5.74, 6) is 2.07. The van der Waals surface area contributed by atoms with Crippen molar-refractivity contribution in [3.63, 3.8) is 0 Å². The third-order valence-corrected chi connectivity index (χ3v) is 4.31. The van der Waals surface area contributed by atoms with Crippen LogP contribution in [0.15, 0.2) is 0 Å². The smallest absolute Gasteiger partial charge is 0.000811 e. The summed E-state index contributed by atoms with van der Waals surface area (Å²) < 4.78 is 0. The lowest BCUT2D eigenvalue weighted by molar-refractivity contribution is 0.221. The van der Waals surface area contributed by atoms with Gasteiger partial charge in [0, 0.05) is 6.54 Å². The van der Waals surface area contributed by atoms with Crippen LogP contribution in [0.25, 0.3) is 0 Å². The van der Waals surface area contributed by atoms with Crippen LogP contribution in [0.2, 0.25) is 0 Å². The van der Waals surface area contributed by atoms with E-state index in [2.05, 4.69) is 39.3 Å². The molecule has 1 unspecified atom stereocenters. The fourth-order valence-electron chi connectivity index (χ4n) is 2.28. The minimum atomic E-state index is 0.550. The lowest BCUT2D eigenvalue weighted by Gasteiger charge is -2.33. The van der Waals surface area contributed by atoms with Gasteiger partial charge in [-0.2, -0.15) is 11.8 Å². The second-order valence-corrected chi connectivity index (χ2v) is 6.71. The molecule has 0 heterocycles. The van der Waals surface area contributed by atoms with Gasteiger partial charge in [-0.25, -0.2) is 0 Å². The molecule has 0 bridgehead atoms. The molecular formula is C15H33NS. The third-order valence-electron chi connectivity index (χ3n) is 3.70.